The number of aryl methyl sites for hydroxylation is 1. The Morgan fingerprint density at radius 2 is 2.32 bits per heavy atom. The number of amides is 1. The lowest BCUT2D eigenvalue weighted by atomic mass is 10.4. The molecule has 0 unspecified atom stereocenters. The molecule has 1 amide bonds. The van der Waals surface area contributed by atoms with Crippen LogP contribution in [0.1, 0.15) is 27.2 Å². The number of nitrogens with one attached hydrogen (secondary N) is 1. The maximum atomic E-state index is 11.8. The molecule has 2 heterocycles. The summed E-state index contributed by atoms with van der Waals surface area (Å²) in [7, 11) is 0. The summed E-state index contributed by atoms with van der Waals surface area (Å²) in [6.07, 6.45) is 1.20. The van der Waals surface area contributed by atoms with Crippen LogP contribution >= 0.6 is 11.3 Å². The Kier molecular flexibility index (Phi) is 4.58. The van der Waals surface area contributed by atoms with E-state index in [1.165, 1.54) is 11.3 Å². The van der Waals surface area contributed by atoms with Crippen molar-refractivity contribution < 1.29 is 9.32 Å². The Bertz CT molecular complexity index is 551. The van der Waals surface area contributed by atoms with E-state index in [-0.39, 0.29) is 5.91 Å². The van der Waals surface area contributed by atoms with Gasteiger partial charge in [-0.15, -0.1) is 11.3 Å². The number of rotatable bonds is 6. The van der Waals surface area contributed by atoms with E-state index >= 15 is 0 Å². The number of nitrogens with zero attached hydrogens (tertiary/aromatic N) is 3. The molecule has 2 aromatic heterocycles. The quantitative estimate of drug-likeness (QED) is 0.789. The van der Waals surface area contributed by atoms with Crippen LogP contribution in [0.3, 0.4) is 0 Å². The predicted octanol–water partition coefficient (Wildman–Crippen LogP) is 0.308. The second-order valence-corrected chi connectivity index (χ2v) is 4.85. The van der Waals surface area contributed by atoms with Crippen molar-refractivity contribution >= 4 is 17.2 Å². The minimum Gasteiger partial charge on any atom is -0.350 e. The summed E-state index contributed by atoms with van der Waals surface area (Å²) in [5, 5.41) is 9.04. The van der Waals surface area contributed by atoms with Crippen LogP contribution < -0.4 is 11.1 Å². The summed E-state index contributed by atoms with van der Waals surface area (Å²) in [5.74, 6) is 0.905. The van der Waals surface area contributed by atoms with Crippen LogP contribution in [0.25, 0.3) is 0 Å². The van der Waals surface area contributed by atoms with Crippen molar-refractivity contribution in [1.82, 2.24) is 20.4 Å². The van der Waals surface area contributed by atoms with Gasteiger partial charge < -0.3 is 15.6 Å². The Hall–Kier alpha value is -1.80. The molecule has 0 radical (unpaired) electrons. The minimum atomic E-state index is -0.198. The molecular weight excluding hydrogens is 266 g/mol. The predicted molar refractivity (Wildman–Crippen MR) is 69.9 cm³/mol. The largest absolute Gasteiger partial charge is 0.350 e. The zero-order valence-corrected chi connectivity index (χ0v) is 11.4. The van der Waals surface area contributed by atoms with Crippen molar-refractivity contribution in [3.63, 3.8) is 0 Å². The smallest absolute Gasteiger partial charge is 0.270 e. The lowest BCUT2D eigenvalue weighted by Crippen LogP contribution is -2.26. The Morgan fingerprint density at radius 1 is 1.47 bits per heavy atom. The van der Waals surface area contributed by atoms with Crippen molar-refractivity contribution in [3.05, 3.63) is 27.8 Å². The average molecular weight is 281 g/mol. The minimum absolute atomic E-state index is 0.198. The Morgan fingerprint density at radius 3 is 3.00 bits per heavy atom. The van der Waals surface area contributed by atoms with E-state index in [9.17, 15) is 4.79 Å². The fourth-order valence-electron chi connectivity index (χ4n) is 1.47. The molecule has 0 aliphatic heterocycles. The van der Waals surface area contributed by atoms with Crippen LogP contribution in [0.2, 0.25) is 0 Å². The molecule has 8 heteroatoms. The molecule has 0 bridgehead atoms. The fraction of sp³-hybridized carbons (Fsp3) is 0.455. The molecule has 2 rings (SSSR count). The standard InChI is InChI=1S/C11H15N5O2S/c1-7-14-9(18-16-7)3-5-13-11(17)8-6-19-10(15-8)2-4-12/h6H,2-5,12H2,1H3,(H,13,17). The van der Waals surface area contributed by atoms with E-state index in [4.69, 9.17) is 10.3 Å². The van der Waals surface area contributed by atoms with Gasteiger partial charge in [0.15, 0.2) is 5.82 Å². The first kappa shape index (κ1) is 13.6. The number of carbonyl (C=O) groups is 1. The van der Waals surface area contributed by atoms with Crippen LogP contribution in [-0.2, 0) is 12.8 Å². The fourth-order valence-corrected chi connectivity index (χ4v) is 2.26. The summed E-state index contributed by atoms with van der Waals surface area (Å²) in [4.78, 5) is 20.0. The average Bonchev–Trinajstić information content (AvgIpc) is 2.99. The molecule has 0 aliphatic carbocycles. The molecule has 0 spiro atoms. The lowest BCUT2D eigenvalue weighted by molar-refractivity contribution is 0.0949. The van der Waals surface area contributed by atoms with Crippen molar-refractivity contribution in [1.29, 1.82) is 0 Å². The molecule has 2 aromatic rings. The normalized spacial score (nSPS) is 10.6. The van der Waals surface area contributed by atoms with Gasteiger partial charge in [0.05, 0.1) is 5.01 Å². The summed E-state index contributed by atoms with van der Waals surface area (Å²) in [6.45, 7) is 2.72. The third-order valence-electron chi connectivity index (χ3n) is 2.34. The number of nitrogens with two attached hydrogens (primary N) is 1. The van der Waals surface area contributed by atoms with Crippen molar-refractivity contribution in [2.45, 2.75) is 19.8 Å². The van der Waals surface area contributed by atoms with E-state index in [1.807, 2.05) is 0 Å². The third kappa shape index (κ3) is 3.83. The van der Waals surface area contributed by atoms with Crippen molar-refractivity contribution in [2.24, 2.45) is 5.73 Å². The van der Waals surface area contributed by atoms with Gasteiger partial charge in [-0.25, -0.2) is 4.98 Å². The molecule has 0 fully saturated rings. The second kappa shape index (κ2) is 6.39. The van der Waals surface area contributed by atoms with Gasteiger partial charge in [-0.2, -0.15) is 4.98 Å². The van der Waals surface area contributed by atoms with E-state index in [1.54, 1.807) is 12.3 Å². The van der Waals surface area contributed by atoms with Gasteiger partial charge in [0, 0.05) is 24.8 Å². The lowest BCUT2D eigenvalue weighted by Gasteiger charge is -1.99. The van der Waals surface area contributed by atoms with Gasteiger partial charge in [-0.3, -0.25) is 4.79 Å². The summed E-state index contributed by atoms with van der Waals surface area (Å²) >= 11 is 1.44. The second-order valence-electron chi connectivity index (χ2n) is 3.91. The number of carbonyl (C=O) groups excluding carboxylic acids is 1. The molecule has 0 atom stereocenters. The zero-order valence-electron chi connectivity index (χ0n) is 10.5. The number of hydrogen-bond donors (Lipinski definition) is 2. The summed E-state index contributed by atoms with van der Waals surface area (Å²) in [5.41, 5.74) is 5.86. The molecule has 0 aliphatic rings. The first-order chi connectivity index (χ1) is 9.19. The first-order valence-electron chi connectivity index (χ1n) is 5.91. The van der Waals surface area contributed by atoms with Gasteiger partial charge in [0.1, 0.15) is 5.69 Å². The van der Waals surface area contributed by atoms with E-state index in [0.29, 0.717) is 43.3 Å². The Balaban J connectivity index is 1.80. The van der Waals surface area contributed by atoms with Crippen LogP contribution in [-0.4, -0.2) is 34.1 Å². The van der Waals surface area contributed by atoms with Crippen molar-refractivity contribution in [2.75, 3.05) is 13.1 Å². The highest BCUT2D eigenvalue weighted by atomic mass is 32.1. The van der Waals surface area contributed by atoms with Gasteiger partial charge in [-0.1, -0.05) is 5.16 Å². The number of aromatic nitrogens is 3. The van der Waals surface area contributed by atoms with E-state index in [2.05, 4.69) is 20.4 Å². The highest BCUT2D eigenvalue weighted by Crippen LogP contribution is 2.09. The van der Waals surface area contributed by atoms with Gasteiger partial charge >= 0.3 is 0 Å². The monoisotopic (exact) mass is 281 g/mol. The number of thiazole rings is 1. The maximum Gasteiger partial charge on any atom is 0.270 e. The molecular formula is C11H15N5O2S. The van der Waals surface area contributed by atoms with Gasteiger partial charge in [-0.05, 0) is 13.5 Å². The van der Waals surface area contributed by atoms with Gasteiger partial charge in [0.2, 0.25) is 5.89 Å². The van der Waals surface area contributed by atoms with Crippen LogP contribution in [0.15, 0.2) is 9.90 Å². The zero-order chi connectivity index (χ0) is 13.7. The molecule has 102 valence electrons. The molecule has 19 heavy (non-hydrogen) atoms. The molecule has 0 saturated heterocycles. The van der Waals surface area contributed by atoms with Crippen molar-refractivity contribution in [3.8, 4) is 0 Å². The highest BCUT2D eigenvalue weighted by Gasteiger charge is 2.10. The maximum absolute atomic E-state index is 11.8. The first-order valence-corrected chi connectivity index (χ1v) is 6.79. The molecule has 0 aromatic carbocycles. The van der Waals surface area contributed by atoms with Gasteiger partial charge in [0.25, 0.3) is 5.91 Å². The SMILES string of the molecule is Cc1noc(CCNC(=O)c2csc(CCN)n2)n1. The van der Waals surface area contributed by atoms with Crippen LogP contribution in [0.4, 0.5) is 0 Å². The molecule has 7 nitrogen and oxygen atoms in total. The topological polar surface area (TPSA) is 107 Å². The van der Waals surface area contributed by atoms with E-state index in [0.717, 1.165) is 5.01 Å². The molecule has 0 saturated carbocycles. The van der Waals surface area contributed by atoms with E-state index < -0.39 is 0 Å². The summed E-state index contributed by atoms with van der Waals surface area (Å²) in [6, 6.07) is 0. The summed E-state index contributed by atoms with van der Waals surface area (Å²) < 4.78 is 4.95. The van der Waals surface area contributed by atoms with Crippen LogP contribution in [0.5, 0.6) is 0 Å². The molecule has 3 N–H and O–H groups in total. The third-order valence-corrected chi connectivity index (χ3v) is 3.25. The highest BCUT2D eigenvalue weighted by molar-refractivity contribution is 7.09. The Labute approximate surface area is 114 Å². The van der Waals surface area contributed by atoms with Crippen LogP contribution in [0, 0.1) is 6.92 Å². The number of hydrogen-bond acceptors (Lipinski definition) is 7.